The van der Waals surface area contributed by atoms with Gasteiger partial charge >= 0.3 is 0 Å². The number of nitrogens with zero attached hydrogens (tertiary/aromatic N) is 1. The van der Waals surface area contributed by atoms with E-state index in [2.05, 4.69) is 11.8 Å². The van der Waals surface area contributed by atoms with Crippen molar-refractivity contribution in [3.05, 3.63) is 33.9 Å². The highest BCUT2D eigenvalue weighted by Gasteiger charge is 2.08. The molecule has 0 amide bonds. The third-order valence-corrected chi connectivity index (χ3v) is 1.67. The maximum atomic E-state index is 10.6. The maximum Gasteiger partial charge on any atom is 0.274 e. The fourth-order valence-electron chi connectivity index (χ4n) is 1.03. The third-order valence-electron chi connectivity index (χ3n) is 1.67. The first kappa shape index (κ1) is 11.0. The second kappa shape index (κ2) is 4.98. The first-order valence-electron chi connectivity index (χ1n) is 4.19. The van der Waals surface area contributed by atoms with Gasteiger partial charge in [0.15, 0.2) is 0 Å². The first-order valence-corrected chi connectivity index (χ1v) is 4.19. The van der Waals surface area contributed by atoms with Gasteiger partial charge in [0.2, 0.25) is 0 Å². The average molecular weight is 206 g/mol. The molecule has 0 unspecified atom stereocenters. The van der Waals surface area contributed by atoms with E-state index in [1.165, 1.54) is 19.2 Å². The lowest BCUT2D eigenvalue weighted by Gasteiger charge is -2.00. The van der Waals surface area contributed by atoms with Crippen molar-refractivity contribution in [3.63, 3.8) is 0 Å². The van der Waals surface area contributed by atoms with Crippen LogP contribution < -0.4 is 10.5 Å². The zero-order valence-electron chi connectivity index (χ0n) is 8.19. The minimum Gasteiger partial charge on any atom is -0.496 e. The summed E-state index contributed by atoms with van der Waals surface area (Å²) >= 11 is 0. The van der Waals surface area contributed by atoms with Gasteiger partial charge in [0, 0.05) is 11.6 Å². The largest absolute Gasteiger partial charge is 0.496 e. The molecule has 0 aliphatic rings. The lowest BCUT2D eigenvalue weighted by Crippen LogP contribution is -1.94. The van der Waals surface area contributed by atoms with Crippen LogP contribution in [0.25, 0.3) is 0 Å². The van der Waals surface area contributed by atoms with Gasteiger partial charge in [-0.05, 0) is 6.07 Å². The molecule has 0 radical (unpaired) electrons. The van der Waals surface area contributed by atoms with Crippen molar-refractivity contribution in [2.75, 3.05) is 13.7 Å². The summed E-state index contributed by atoms with van der Waals surface area (Å²) in [5.41, 5.74) is 5.68. The second-order valence-electron chi connectivity index (χ2n) is 2.68. The molecule has 0 heterocycles. The Bertz CT molecular complexity index is 432. The van der Waals surface area contributed by atoms with Crippen molar-refractivity contribution >= 4 is 5.69 Å². The summed E-state index contributed by atoms with van der Waals surface area (Å²) in [6, 6.07) is 4.34. The SMILES string of the molecule is COc1cc(C#CCN)cc([N+](=O)[O-])c1. The predicted octanol–water partition coefficient (Wildman–Crippen LogP) is 0.914. The standard InChI is InChI=1S/C10H10N2O3/c1-15-10-6-8(3-2-4-11)5-9(7-10)12(13)14/h5-7H,4,11H2,1H3. The van der Waals surface area contributed by atoms with Crippen LogP contribution in [0.2, 0.25) is 0 Å². The summed E-state index contributed by atoms with van der Waals surface area (Å²) in [5.74, 6) is 5.74. The fourth-order valence-corrected chi connectivity index (χ4v) is 1.03. The van der Waals surface area contributed by atoms with Crippen molar-refractivity contribution in [1.29, 1.82) is 0 Å². The number of nitrogens with two attached hydrogens (primary N) is 1. The molecular formula is C10H10N2O3. The molecule has 0 spiro atoms. The fraction of sp³-hybridized carbons (Fsp3) is 0.200. The quantitative estimate of drug-likeness (QED) is 0.443. The molecule has 0 fully saturated rings. The molecule has 0 saturated carbocycles. The highest BCUT2D eigenvalue weighted by molar-refractivity contribution is 5.49. The van der Waals surface area contributed by atoms with Crippen molar-refractivity contribution in [2.24, 2.45) is 5.73 Å². The normalized spacial score (nSPS) is 8.93. The summed E-state index contributed by atoms with van der Waals surface area (Å²) in [6.07, 6.45) is 0. The molecule has 0 bridgehead atoms. The maximum absolute atomic E-state index is 10.6. The Labute approximate surface area is 87.0 Å². The lowest BCUT2D eigenvalue weighted by atomic mass is 10.2. The number of hydrogen-bond acceptors (Lipinski definition) is 4. The van der Waals surface area contributed by atoms with Crippen LogP contribution in [0.3, 0.4) is 0 Å². The number of methoxy groups -OCH3 is 1. The minimum atomic E-state index is -0.490. The molecule has 15 heavy (non-hydrogen) atoms. The highest BCUT2D eigenvalue weighted by Crippen LogP contribution is 2.21. The molecule has 0 aromatic heterocycles. The van der Waals surface area contributed by atoms with Crippen LogP contribution in [0, 0.1) is 22.0 Å². The van der Waals surface area contributed by atoms with E-state index in [0.717, 1.165) is 0 Å². The molecule has 0 aliphatic heterocycles. The van der Waals surface area contributed by atoms with Crippen LogP contribution in [0.5, 0.6) is 5.75 Å². The molecule has 2 N–H and O–H groups in total. The van der Waals surface area contributed by atoms with E-state index in [4.69, 9.17) is 10.5 Å². The smallest absolute Gasteiger partial charge is 0.274 e. The Balaban J connectivity index is 3.17. The molecule has 0 atom stereocenters. The van der Waals surface area contributed by atoms with E-state index in [1.807, 2.05) is 0 Å². The number of ether oxygens (including phenoxy) is 1. The molecule has 1 aromatic carbocycles. The van der Waals surface area contributed by atoms with Gasteiger partial charge in [-0.15, -0.1) is 0 Å². The number of non-ortho nitro benzene ring substituents is 1. The topological polar surface area (TPSA) is 78.4 Å². The zero-order chi connectivity index (χ0) is 11.3. The van der Waals surface area contributed by atoms with Crippen LogP contribution in [0.4, 0.5) is 5.69 Å². The number of nitro benzene ring substituents is 1. The van der Waals surface area contributed by atoms with E-state index in [-0.39, 0.29) is 12.2 Å². The predicted molar refractivity (Wildman–Crippen MR) is 55.6 cm³/mol. The van der Waals surface area contributed by atoms with Gasteiger partial charge < -0.3 is 10.5 Å². The number of benzene rings is 1. The van der Waals surface area contributed by atoms with Gasteiger partial charge in [-0.25, -0.2) is 0 Å². The van der Waals surface area contributed by atoms with Gasteiger partial charge in [0.05, 0.1) is 24.6 Å². The summed E-state index contributed by atoms with van der Waals surface area (Å²) in [6.45, 7) is 0.213. The van der Waals surface area contributed by atoms with Crippen molar-refractivity contribution in [3.8, 4) is 17.6 Å². The number of nitro groups is 1. The van der Waals surface area contributed by atoms with E-state index < -0.39 is 4.92 Å². The third kappa shape index (κ3) is 2.97. The Morgan fingerprint density at radius 1 is 1.53 bits per heavy atom. The Hall–Kier alpha value is -2.06. The van der Waals surface area contributed by atoms with Crippen LogP contribution in [-0.2, 0) is 0 Å². The monoisotopic (exact) mass is 206 g/mol. The van der Waals surface area contributed by atoms with Gasteiger partial charge in [-0.2, -0.15) is 0 Å². The molecule has 5 nitrogen and oxygen atoms in total. The molecular weight excluding hydrogens is 196 g/mol. The minimum absolute atomic E-state index is 0.0457. The zero-order valence-corrected chi connectivity index (χ0v) is 8.19. The van der Waals surface area contributed by atoms with Gasteiger partial charge in [-0.3, -0.25) is 10.1 Å². The van der Waals surface area contributed by atoms with Crippen molar-refractivity contribution < 1.29 is 9.66 Å². The summed E-state index contributed by atoms with van der Waals surface area (Å²) in [5, 5.41) is 10.6. The molecule has 1 aromatic rings. The molecule has 0 aliphatic carbocycles. The summed E-state index contributed by atoms with van der Waals surface area (Å²) in [7, 11) is 1.44. The second-order valence-corrected chi connectivity index (χ2v) is 2.68. The van der Waals surface area contributed by atoms with Crippen molar-refractivity contribution in [1.82, 2.24) is 0 Å². The Morgan fingerprint density at radius 3 is 2.80 bits per heavy atom. The van der Waals surface area contributed by atoms with Crippen LogP contribution in [0.1, 0.15) is 5.56 Å². The summed E-state index contributed by atoms with van der Waals surface area (Å²) in [4.78, 5) is 10.1. The van der Waals surface area contributed by atoms with Crippen LogP contribution in [0.15, 0.2) is 18.2 Å². The number of hydrogen-bond donors (Lipinski definition) is 1. The van der Waals surface area contributed by atoms with E-state index in [9.17, 15) is 10.1 Å². The van der Waals surface area contributed by atoms with Crippen molar-refractivity contribution in [2.45, 2.75) is 0 Å². The number of rotatable bonds is 2. The molecule has 0 saturated heterocycles. The lowest BCUT2D eigenvalue weighted by molar-refractivity contribution is -0.384. The van der Waals surface area contributed by atoms with Gasteiger partial charge in [0.1, 0.15) is 5.75 Å². The van der Waals surface area contributed by atoms with Gasteiger partial charge in [0.25, 0.3) is 5.69 Å². The Morgan fingerprint density at radius 2 is 2.27 bits per heavy atom. The van der Waals surface area contributed by atoms with E-state index in [1.54, 1.807) is 6.07 Å². The molecule has 78 valence electrons. The first-order chi connectivity index (χ1) is 7.17. The highest BCUT2D eigenvalue weighted by atomic mass is 16.6. The van der Waals surface area contributed by atoms with Crippen LogP contribution >= 0.6 is 0 Å². The summed E-state index contributed by atoms with van der Waals surface area (Å²) < 4.78 is 4.92. The van der Waals surface area contributed by atoms with E-state index in [0.29, 0.717) is 11.3 Å². The molecule has 1 rings (SSSR count). The Kier molecular flexibility index (Phi) is 3.66. The average Bonchev–Trinajstić information content (AvgIpc) is 2.25. The van der Waals surface area contributed by atoms with E-state index >= 15 is 0 Å². The van der Waals surface area contributed by atoms with Gasteiger partial charge in [-0.1, -0.05) is 11.8 Å². The molecule has 5 heteroatoms. The van der Waals surface area contributed by atoms with Crippen LogP contribution in [-0.4, -0.2) is 18.6 Å².